The van der Waals surface area contributed by atoms with Crippen LogP contribution in [0.4, 0.5) is 0 Å². The summed E-state index contributed by atoms with van der Waals surface area (Å²) in [4.78, 5) is 58.8. The SMILES string of the molecule is COC(=O)c1c(C)[nH]c(C(=O)[C@@H](C)OC(=O)CCc2nc3ccccc3c(=O)[nH]2)c1C. The summed E-state index contributed by atoms with van der Waals surface area (Å²) in [6.45, 7) is 4.74. The maximum atomic E-state index is 12.7. The van der Waals surface area contributed by atoms with Crippen LogP contribution in [0.5, 0.6) is 0 Å². The number of hydrogen-bond donors (Lipinski definition) is 2. The van der Waals surface area contributed by atoms with Gasteiger partial charge in [0.2, 0.25) is 5.78 Å². The second-order valence-electron chi connectivity index (χ2n) is 7.14. The summed E-state index contributed by atoms with van der Waals surface area (Å²) in [5.41, 5.74) is 1.68. The minimum absolute atomic E-state index is 0.0605. The van der Waals surface area contributed by atoms with Gasteiger partial charge >= 0.3 is 11.9 Å². The van der Waals surface area contributed by atoms with Crippen LogP contribution in [0, 0.1) is 13.8 Å². The van der Waals surface area contributed by atoms with Gasteiger partial charge < -0.3 is 19.4 Å². The molecule has 0 fully saturated rings. The van der Waals surface area contributed by atoms with Crippen molar-refractivity contribution < 1.29 is 23.9 Å². The molecular weight excluding hydrogens is 402 g/mol. The number of fused-ring (bicyclic) bond motifs is 1. The molecule has 0 bridgehead atoms. The van der Waals surface area contributed by atoms with Gasteiger partial charge in [-0.2, -0.15) is 0 Å². The number of carbonyl (C=O) groups is 3. The minimum atomic E-state index is -1.06. The fraction of sp³-hybridized carbons (Fsp3) is 0.318. The van der Waals surface area contributed by atoms with Gasteiger partial charge in [-0.25, -0.2) is 9.78 Å². The largest absolute Gasteiger partial charge is 0.465 e. The average Bonchev–Trinajstić information content (AvgIpc) is 3.05. The van der Waals surface area contributed by atoms with Gasteiger partial charge in [-0.15, -0.1) is 0 Å². The molecule has 0 spiro atoms. The van der Waals surface area contributed by atoms with Gasteiger partial charge in [0.15, 0.2) is 6.10 Å². The first-order valence-electron chi connectivity index (χ1n) is 9.72. The van der Waals surface area contributed by atoms with Crippen molar-refractivity contribution in [3.8, 4) is 0 Å². The minimum Gasteiger partial charge on any atom is -0.465 e. The standard InChI is InChI=1S/C22H23N3O6/c1-11-18(22(29)30-4)12(2)23-19(11)20(27)13(3)31-17(26)10-9-16-24-15-8-6-5-7-14(15)21(28)25-16/h5-8,13,23H,9-10H2,1-4H3,(H,24,25,28)/t13-/m1/s1. The second kappa shape index (κ2) is 8.95. The Hall–Kier alpha value is -3.75. The van der Waals surface area contributed by atoms with Gasteiger partial charge in [-0.3, -0.25) is 14.4 Å². The maximum Gasteiger partial charge on any atom is 0.339 e. The van der Waals surface area contributed by atoms with Crippen LogP contribution in [0.3, 0.4) is 0 Å². The highest BCUT2D eigenvalue weighted by Gasteiger charge is 2.27. The highest BCUT2D eigenvalue weighted by molar-refractivity contribution is 6.03. The second-order valence-corrected chi connectivity index (χ2v) is 7.14. The number of ether oxygens (including phenoxy) is 2. The van der Waals surface area contributed by atoms with Crippen molar-refractivity contribution in [1.29, 1.82) is 0 Å². The van der Waals surface area contributed by atoms with Crippen LogP contribution in [-0.2, 0) is 20.7 Å². The molecule has 2 heterocycles. The highest BCUT2D eigenvalue weighted by atomic mass is 16.5. The lowest BCUT2D eigenvalue weighted by Gasteiger charge is -2.12. The summed E-state index contributed by atoms with van der Waals surface area (Å²) in [6, 6.07) is 6.91. The summed E-state index contributed by atoms with van der Waals surface area (Å²) in [5.74, 6) is -1.25. The van der Waals surface area contributed by atoms with Crippen LogP contribution in [0.2, 0.25) is 0 Å². The Morgan fingerprint density at radius 1 is 1.13 bits per heavy atom. The molecule has 0 radical (unpaired) electrons. The van der Waals surface area contributed by atoms with Crippen molar-refractivity contribution in [2.45, 2.75) is 39.7 Å². The number of rotatable bonds is 7. The van der Waals surface area contributed by atoms with E-state index in [1.165, 1.54) is 14.0 Å². The number of methoxy groups -OCH3 is 1. The van der Waals surface area contributed by atoms with Crippen molar-refractivity contribution in [3.63, 3.8) is 0 Å². The predicted molar refractivity (Wildman–Crippen MR) is 112 cm³/mol. The average molecular weight is 425 g/mol. The zero-order valence-corrected chi connectivity index (χ0v) is 17.7. The Labute approximate surface area is 177 Å². The topological polar surface area (TPSA) is 131 Å². The molecule has 1 aromatic carbocycles. The van der Waals surface area contributed by atoms with E-state index in [1.807, 2.05) is 0 Å². The number of aryl methyl sites for hydroxylation is 2. The number of Topliss-reactive ketones (excluding diaryl/α,β-unsaturated/α-hetero) is 1. The summed E-state index contributed by atoms with van der Waals surface area (Å²) in [6.07, 6.45) is -0.958. The normalized spacial score (nSPS) is 11.9. The molecular formula is C22H23N3O6. The van der Waals surface area contributed by atoms with Crippen LogP contribution in [-0.4, -0.2) is 45.9 Å². The van der Waals surface area contributed by atoms with Crippen LogP contribution < -0.4 is 5.56 Å². The maximum absolute atomic E-state index is 12.7. The number of carbonyl (C=O) groups excluding carboxylic acids is 3. The van der Waals surface area contributed by atoms with E-state index in [2.05, 4.69) is 15.0 Å². The third kappa shape index (κ3) is 4.55. The molecule has 2 N–H and O–H groups in total. The molecule has 0 saturated carbocycles. The van der Waals surface area contributed by atoms with Crippen LogP contribution >= 0.6 is 0 Å². The number of para-hydroxylation sites is 1. The first-order valence-corrected chi connectivity index (χ1v) is 9.72. The van der Waals surface area contributed by atoms with Crippen molar-refractivity contribution in [2.75, 3.05) is 7.11 Å². The molecule has 162 valence electrons. The molecule has 0 saturated heterocycles. The lowest BCUT2D eigenvalue weighted by molar-refractivity contribution is -0.146. The van der Waals surface area contributed by atoms with Crippen LogP contribution in [0.1, 0.15) is 51.3 Å². The van der Waals surface area contributed by atoms with Gasteiger partial charge in [-0.05, 0) is 38.5 Å². The summed E-state index contributed by atoms with van der Waals surface area (Å²) >= 11 is 0. The predicted octanol–water partition coefficient (Wildman–Crippen LogP) is 2.40. The zero-order chi connectivity index (χ0) is 22.7. The number of aromatic amines is 2. The number of ketones is 1. The van der Waals surface area contributed by atoms with E-state index >= 15 is 0 Å². The van der Waals surface area contributed by atoms with Gasteiger partial charge in [0.25, 0.3) is 5.56 Å². The van der Waals surface area contributed by atoms with E-state index in [4.69, 9.17) is 9.47 Å². The molecule has 3 rings (SSSR count). The molecule has 9 nitrogen and oxygen atoms in total. The fourth-order valence-corrected chi connectivity index (χ4v) is 3.39. The number of hydrogen-bond acceptors (Lipinski definition) is 7. The third-order valence-electron chi connectivity index (χ3n) is 4.98. The quantitative estimate of drug-likeness (QED) is 0.439. The number of H-pyrrole nitrogens is 2. The molecule has 1 atom stereocenters. The lowest BCUT2D eigenvalue weighted by Crippen LogP contribution is -2.25. The molecule has 31 heavy (non-hydrogen) atoms. The van der Waals surface area contributed by atoms with Gasteiger partial charge in [-0.1, -0.05) is 12.1 Å². The van der Waals surface area contributed by atoms with Crippen molar-refractivity contribution in [2.24, 2.45) is 0 Å². The molecule has 9 heteroatoms. The number of nitrogens with zero attached hydrogens (tertiary/aromatic N) is 1. The van der Waals surface area contributed by atoms with E-state index in [9.17, 15) is 19.2 Å². The first kappa shape index (κ1) is 21.9. The Balaban J connectivity index is 1.65. The van der Waals surface area contributed by atoms with Crippen molar-refractivity contribution in [3.05, 3.63) is 63.0 Å². The Kier molecular flexibility index (Phi) is 6.33. The molecule has 0 aliphatic rings. The van der Waals surface area contributed by atoms with E-state index in [1.54, 1.807) is 38.1 Å². The number of esters is 2. The zero-order valence-electron chi connectivity index (χ0n) is 17.7. The summed E-state index contributed by atoms with van der Waals surface area (Å²) in [7, 11) is 1.26. The Bertz CT molecular complexity index is 1220. The molecule has 0 unspecified atom stereocenters. The number of aromatic nitrogens is 3. The van der Waals surface area contributed by atoms with Crippen LogP contribution in [0.25, 0.3) is 10.9 Å². The first-order chi connectivity index (χ1) is 14.7. The van der Waals surface area contributed by atoms with Crippen molar-refractivity contribution in [1.82, 2.24) is 15.0 Å². The number of nitrogens with one attached hydrogen (secondary N) is 2. The van der Waals surface area contributed by atoms with Gasteiger partial charge in [0, 0.05) is 12.1 Å². The summed E-state index contributed by atoms with van der Waals surface area (Å²) in [5, 5.41) is 0.469. The van der Waals surface area contributed by atoms with Gasteiger partial charge in [0.05, 0.1) is 35.7 Å². The number of benzene rings is 1. The Morgan fingerprint density at radius 3 is 2.55 bits per heavy atom. The smallest absolute Gasteiger partial charge is 0.339 e. The fourth-order valence-electron chi connectivity index (χ4n) is 3.39. The summed E-state index contributed by atoms with van der Waals surface area (Å²) < 4.78 is 9.99. The molecule has 3 aromatic rings. The Morgan fingerprint density at radius 2 is 1.84 bits per heavy atom. The molecule has 2 aromatic heterocycles. The van der Waals surface area contributed by atoms with Crippen LogP contribution in [0.15, 0.2) is 29.1 Å². The van der Waals surface area contributed by atoms with E-state index in [-0.39, 0.29) is 29.7 Å². The van der Waals surface area contributed by atoms with E-state index in [0.29, 0.717) is 28.0 Å². The third-order valence-corrected chi connectivity index (χ3v) is 4.98. The molecule has 0 aliphatic carbocycles. The van der Waals surface area contributed by atoms with Gasteiger partial charge in [0.1, 0.15) is 5.82 Å². The van der Waals surface area contributed by atoms with E-state index in [0.717, 1.165) is 0 Å². The lowest BCUT2D eigenvalue weighted by atomic mass is 10.1. The monoisotopic (exact) mass is 425 g/mol. The van der Waals surface area contributed by atoms with E-state index < -0.39 is 23.8 Å². The molecule has 0 aliphatic heterocycles. The van der Waals surface area contributed by atoms with Crippen molar-refractivity contribution >= 4 is 28.6 Å². The molecule has 0 amide bonds. The highest BCUT2D eigenvalue weighted by Crippen LogP contribution is 2.21.